The third kappa shape index (κ3) is 3.34. The van der Waals surface area contributed by atoms with Crippen molar-refractivity contribution in [3.8, 4) is 5.88 Å². The molecule has 8 heteroatoms. The number of nitrogens with zero attached hydrogens (tertiary/aromatic N) is 1. The van der Waals surface area contributed by atoms with Crippen LogP contribution in [0.3, 0.4) is 0 Å². The predicted molar refractivity (Wildman–Crippen MR) is 97.7 cm³/mol. The number of esters is 1. The first-order valence-corrected chi connectivity index (χ1v) is 8.87. The number of rotatable bonds is 4. The van der Waals surface area contributed by atoms with E-state index in [0.29, 0.717) is 16.3 Å². The highest BCUT2D eigenvalue weighted by Gasteiger charge is 2.37. The van der Waals surface area contributed by atoms with Crippen molar-refractivity contribution in [1.29, 1.82) is 0 Å². The molecule has 6 nitrogen and oxygen atoms in total. The lowest BCUT2D eigenvalue weighted by Crippen LogP contribution is -2.30. The Labute approximate surface area is 159 Å². The fraction of sp³-hybridized carbons (Fsp3) is 0.278. The Balaban J connectivity index is 2.25. The van der Waals surface area contributed by atoms with Gasteiger partial charge in [0.05, 0.1) is 29.5 Å². The van der Waals surface area contributed by atoms with E-state index in [-0.39, 0.29) is 35.3 Å². The number of halogens is 2. The van der Waals surface area contributed by atoms with Crippen LogP contribution in [-0.2, 0) is 15.4 Å². The molecule has 0 bridgehead atoms. The van der Waals surface area contributed by atoms with Crippen molar-refractivity contribution >= 4 is 29.2 Å². The maximum absolute atomic E-state index is 12.7. The molecule has 0 aliphatic carbocycles. The minimum Gasteiger partial charge on any atom is -0.463 e. The Morgan fingerprint density at radius 3 is 2.65 bits per heavy atom. The second-order valence-electron chi connectivity index (χ2n) is 5.64. The lowest BCUT2D eigenvalue weighted by molar-refractivity contribution is -0.139. The summed E-state index contributed by atoms with van der Waals surface area (Å²) in [6, 6.07) is 6.89. The van der Waals surface area contributed by atoms with Crippen LogP contribution in [0.2, 0.25) is 5.02 Å². The minimum atomic E-state index is -0.685. The summed E-state index contributed by atoms with van der Waals surface area (Å²) in [4.78, 5) is 32.1. The van der Waals surface area contributed by atoms with E-state index < -0.39 is 17.4 Å². The van der Waals surface area contributed by atoms with Gasteiger partial charge in [0.25, 0.3) is 5.56 Å². The van der Waals surface area contributed by atoms with Crippen molar-refractivity contribution in [1.82, 2.24) is 9.97 Å². The highest BCUT2D eigenvalue weighted by Crippen LogP contribution is 2.41. The first-order valence-electron chi connectivity index (χ1n) is 7.96. The van der Waals surface area contributed by atoms with Crippen molar-refractivity contribution in [2.24, 2.45) is 0 Å². The van der Waals surface area contributed by atoms with Crippen molar-refractivity contribution in [2.45, 2.75) is 25.6 Å². The number of alkyl halides is 1. The first kappa shape index (κ1) is 18.5. The summed E-state index contributed by atoms with van der Waals surface area (Å²) >= 11 is 11.8. The van der Waals surface area contributed by atoms with E-state index in [1.54, 1.807) is 38.1 Å². The zero-order valence-corrected chi connectivity index (χ0v) is 15.6. The Morgan fingerprint density at radius 2 is 2.04 bits per heavy atom. The molecule has 0 amide bonds. The Hall–Kier alpha value is -2.31. The molecule has 3 rings (SSSR count). The summed E-state index contributed by atoms with van der Waals surface area (Å²) in [5.74, 6) is -0.445. The number of allylic oxidation sites excluding steroid dienone is 1. The molecular formula is C18H16Cl2N2O4. The Morgan fingerprint density at radius 1 is 1.35 bits per heavy atom. The second kappa shape index (κ2) is 7.51. The normalized spacial score (nSPS) is 16.1. The number of ether oxygens (including phenoxy) is 2. The largest absolute Gasteiger partial charge is 0.463 e. The molecular weight excluding hydrogens is 379 g/mol. The van der Waals surface area contributed by atoms with Crippen molar-refractivity contribution in [3.05, 3.63) is 67.9 Å². The summed E-state index contributed by atoms with van der Waals surface area (Å²) in [5.41, 5.74) is 0.773. The highest BCUT2D eigenvalue weighted by atomic mass is 35.5. The minimum absolute atomic E-state index is 0.0327. The Kier molecular flexibility index (Phi) is 5.34. The molecule has 2 aromatic rings. The van der Waals surface area contributed by atoms with E-state index in [4.69, 9.17) is 32.7 Å². The van der Waals surface area contributed by atoms with Crippen LogP contribution in [0.1, 0.15) is 36.7 Å². The zero-order chi connectivity index (χ0) is 18.8. The summed E-state index contributed by atoms with van der Waals surface area (Å²) in [6.07, 6.45) is 0. The number of carbonyl (C=O) groups excluding carboxylic acids is 1. The fourth-order valence-corrected chi connectivity index (χ4v) is 3.16. The molecule has 0 radical (unpaired) electrons. The van der Waals surface area contributed by atoms with Gasteiger partial charge in [-0.1, -0.05) is 23.7 Å². The van der Waals surface area contributed by atoms with Crippen LogP contribution in [0.25, 0.3) is 0 Å². The smallest absolute Gasteiger partial charge is 0.338 e. The van der Waals surface area contributed by atoms with Gasteiger partial charge in [0, 0.05) is 5.02 Å². The van der Waals surface area contributed by atoms with Gasteiger partial charge in [-0.05, 0) is 31.5 Å². The molecule has 1 atom stereocenters. The Bertz CT molecular complexity index is 935. The maximum Gasteiger partial charge on any atom is 0.338 e. The number of hydrogen-bond donors (Lipinski definition) is 1. The van der Waals surface area contributed by atoms with Gasteiger partial charge in [0.1, 0.15) is 11.6 Å². The number of fused-ring (bicyclic) bond motifs is 1. The van der Waals surface area contributed by atoms with Crippen LogP contribution in [0.15, 0.2) is 40.4 Å². The van der Waals surface area contributed by atoms with Gasteiger partial charge in [-0.15, -0.1) is 11.6 Å². The van der Waals surface area contributed by atoms with Gasteiger partial charge in [-0.2, -0.15) is 4.98 Å². The molecule has 0 fully saturated rings. The molecule has 136 valence electrons. The summed E-state index contributed by atoms with van der Waals surface area (Å²) in [5, 5.41) is 0.545. The number of nitrogens with one attached hydrogen (secondary N) is 1. The van der Waals surface area contributed by atoms with E-state index in [9.17, 15) is 9.59 Å². The van der Waals surface area contributed by atoms with E-state index in [2.05, 4.69) is 9.97 Å². The number of aromatic amines is 1. The van der Waals surface area contributed by atoms with Crippen LogP contribution in [0.5, 0.6) is 5.88 Å². The number of hydrogen-bond acceptors (Lipinski definition) is 5. The number of H-pyrrole nitrogens is 1. The maximum atomic E-state index is 12.7. The highest BCUT2D eigenvalue weighted by molar-refractivity contribution is 6.30. The van der Waals surface area contributed by atoms with E-state index >= 15 is 0 Å². The summed E-state index contributed by atoms with van der Waals surface area (Å²) in [6.45, 7) is 3.56. The third-order valence-electron chi connectivity index (χ3n) is 4.00. The molecule has 1 aromatic carbocycles. The van der Waals surface area contributed by atoms with E-state index in [1.165, 1.54) is 0 Å². The number of aromatic nitrogens is 2. The van der Waals surface area contributed by atoms with Crippen LogP contribution in [-0.4, -0.2) is 22.5 Å². The molecule has 0 saturated heterocycles. The zero-order valence-electron chi connectivity index (χ0n) is 14.1. The van der Waals surface area contributed by atoms with E-state index in [0.717, 1.165) is 0 Å². The fourth-order valence-electron chi connectivity index (χ4n) is 2.91. The molecule has 0 spiro atoms. The average Bonchev–Trinajstić information content (AvgIpc) is 2.61. The third-order valence-corrected chi connectivity index (χ3v) is 4.51. The first-order chi connectivity index (χ1) is 12.5. The topological polar surface area (TPSA) is 81.3 Å². The monoisotopic (exact) mass is 394 g/mol. The molecule has 0 saturated carbocycles. The van der Waals surface area contributed by atoms with Crippen molar-refractivity contribution < 1.29 is 14.3 Å². The lowest BCUT2D eigenvalue weighted by Gasteiger charge is -2.27. The second-order valence-corrected chi connectivity index (χ2v) is 6.35. The van der Waals surface area contributed by atoms with Gasteiger partial charge in [0.2, 0.25) is 5.88 Å². The quantitative estimate of drug-likeness (QED) is 0.633. The van der Waals surface area contributed by atoms with Crippen LogP contribution < -0.4 is 10.3 Å². The molecule has 1 aliphatic rings. The molecule has 1 aliphatic heterocycles. The van der Waals surface area contributed by atoms with Crippen LogP contribution in [0.4, 0.5) is 0 Å². The number of benzene rings is 1. The van der Waals surface area contributed by atoms with Crippen LogP contribution >= 0.6 is 23.2 Å². The SMILES string of the molecule is CCOC(=O)C1=C(C)Oc2nc(CCl)[nH]c(=O)c2C1c1ccc(Cl)cc1. The van der Waals surface area contributed by atoms with Gasteiger partial charge >= 0.3 is 5.97 Å². The predicted octanol–water partition coefficient (Wildman–Crippen LogP) is 3.52. The molecule has 2 heterocycles. The van der Waals surface area contributed by atoms with Crippen molar-refractivity contribution in [3.63, 3.8) is 0 Å². The molecule has 1 aromatic heterocycles. The average molecular weight is 395 g/mol. The lowest BCUT2D eigenvalue weighted by atomic mass is 9.83. The van der Waals surface area contributed by atoms with Gasteiger partial charge in [-0.3, -0.25) is 4.79 Å². The van der Waals surface area contributed by atoms with Gasteiger partial charge < -0.3 is 14.5 Å². The van der Waals surface area contributed by atoms with Gasteiger partial charge in [0.15, 0.2) is 0 Å². The summed E-state index contributed by atoms with van der Waals surface area (Å²) in [7, 11) is 0. The van der Waals surface area contributed by atoms with Crippen molar-refractivity contribution in [2.75, 3.05) is 6.61 Å². The van der Waals surface area contributed by atoms with E-state index in [1.807, 2.05) is 0 Å². The standard InChI is InChI=1S/C18H16Cl2N2O4/c1-3-25-18(24)13-9(2)26-17-15(16(23)21-12(8-19)22-17)14(13)10-4-6-11(20)7-5-10/h4-7,14H,3,8H2,1-2H3,(H,21,22,23). The summed E-state index contributed by atoms with van der Waals surface area (Å²) < 4.78 is 10.8. The molecule has 26 heavy (non-hydrogen) atoms. The van der Waals surface area contributed by atoms with Gasteiger partial charge in [-0.25, -0.2) is 4.79 Å². The van der Waals surface area contributed by atoms with Crippen LogP contribution in [0, 0.1) is 0 Å². The number of carbonyl (C=O) groups is 1. The molecule has 1 N–H and O–H groups in total. The molecule has 1 unspecified atom stereocenters.